The minimum absolute atomic E-state index is 0.0397. The number of anilines is 1. The van der Waals surface area contributed by atoms with Crippen LogP contribution in [0.2, 0.25) is 0 Å². The molecular formula is C18H24N4OS. The Morgan fingerprint density at radius 2 is 2.25 bits per heavy atom. The summed E-state index contributed by atoms with van der Waals surface area (Å²) in [5.41, 5.74) is 5.52. The zero-order valence-electron chi connectivity index (χ0n) is 14.5. The van der Waals surface area contributed by atoms with E-state index in [1.807, 2.05) is 19.5 Å². The SMILES string of the molecule is Cc1ncsc1CN(C)C(=O)NCC(C)N1CCc2ccccc21. The van der Waals surface area contributed by atoms with Crippen molar-refractivity contribution in [3.05, 3.63) is 45.9 Å². The molecule has 3 rings (SSSR count). The number of thiazole rings is 1. The van der Waals surface area contributed by atoms with Gasteiger partial charge < -0.3 is 15.1 Å². The molecule has 128 valence electrons. The van der Waals surface area contributed by atoms with Crippen molar-refractivity contribution < 1.29 is 4.79 Å². The highest BCUT2D eigenvalue weighted by atomic mass is 32.1. The van der Waals surface area contributed by atoms with Gasteiger partial charge in [0.1, 0.15) is 0 Å². The third-order valence-corrected chi connectivity index (χ3v) is 5.50. The fraction of sp³-hybridized carbons (Fsp3) is 0.444. The second-order valence-electron chi connectivity index (χ2n) is 6.32. The number of nitrogens with one attached hydrogen (secondary N) is 1. The maximum atomic E-state index is 12.3. The van der Waals surface area contributed by atoms with E-state index >= 15 is 0 Å². The number of aryl methyl sites for hydroxylation is 1. The predicted octanol–water partition coefficient (Wildman–Crippen LogP) is 3.04. The van der Waals surface area contributed by atoms with Crippen LogP contribution in [0.3, 0.4) is 0 Å². The standard InChI is InChI=1S/C18H24N4OS/c1-13(22-9-8-15-6-4-5-7-16(15)22)10-19-18(23)21(3)11-17-14(2)20-12-24-17/h4-7,12-13H,8-11H2,1-3H3,(H,19,23). The van der Waals surface area contributed by atoms with E-state index in [0.717, 1.165) is 23.5 Å². The summed E-state index contributed by atoms with van der Waals surface area (Å²) in [7, 11) is 1.82. The van der Waals surface area contributed by atoms with E-state index in [1.165, 1.54) is 11.3 Å². The molecule has 24 heavy (non-hydrogen) atoms. The fourth-order valence-corrected chi connectivity index (χ4v) is 3.90. The number of carbonyl (C=O) groups excluding carboxylic acids is 1. The van der Waals surface area contributed by atoms with Gasteiger partial charge in [-0.3, -0.25) is 0 Å². The van der Waals surface area contributed by atoms with Gasteiger partial charge in [0, 0.05) is 36.7 Å². The Morgan fingerprint density at radius 3 is 3.00 bits per heavy atom. The van der Waals surface area contributed by atoms with Gasteiger partial charge in [-0.05, 0) is 31.9 Å². The van der Waals surface area contributed by atoms with Gasteiger partial charge in [0.05, 0.1) is 17.7 Å². The number of amides is 2. The van der Waals surface area contributed by atoms with Crippen LogP contribution in [0.15, 0.2) is 29.8 Å². The minimum Gasteiger partial charge on any atom is -0.366 e. The van der Waals surface area contributed by atoms with E-state index in [4.69, 9.17) is 0 Å². The summed E-state index contributed by atoms with van der Waals surface area (Å²) in [5, 5.41) is 3.05. The number of hydrogen-bond donors (Lipinski definition) is 1. The maximum Gasteiger partial charge on any atom is 0.317 e. The van der Waals surface area contributed by atoms with Crippen molar-refractivity contribution in [1.82, 2.24) is 15.2 Å². The summed E-state index contributed by atoms with van der Waals surface area (Å²) in [6, 6.07) is 8.75. The minimum atomic E-state index is -0.0397. The molecule has 0 saturated heterocycles. The summed E-state index contributed by atoms with van der Waals surface area (Å²) in [5.74, 6) is 0. The summed E-state index contributed by atoms with van der Waals surface area (Å²) in [4.78, 5) is 21.8. The average Bonchev–Trinajstić information content (AvgIpc) is 3.19. The first-order valence-corrected chi connectivity index (χ1v) is 9.16. The zero-order chi connectivity index (χ0) is 17.1. The smallest absolute Gasteiger partial charge is 0.317 e. The second kappa shape index (κ2) is 7.21. The predicted molar refractivity (Wildman–Crippen MR) is 98.7 cm³/mol. The molecule has 0 bridgehead atoms. The molecule has 1 aliphatic heterocycles. The molecule has 6 heteroatoms. The average molecular weight is 344 g/mol. The summed E-state index contributed by atoms with van der Waals surface area (Å²) >= 11 is 1.59. The lowest BCUT2D eigenvalue weighted by Gasteiger charge is -2.28. The van der Waals surface area contributed by atoms with Crippen LogP contribution in [-0.4, -0.2) is 42.1 Å². The topological polar surface area (TPSA) is 48.5 Å². The number of urea groups is 1. The van der Waals surface area contributed by atoms with Gasteiger partial charge in [-0.25, -0.2) is 9.78 Å². The highest BCUT2D eigenvalue weighted by Gasteiger charge is 2.23. The Hall–Kier alpha value is -2.08. The first-order valence-electron chi connectivity index (χ1n) is 8.28. The van der Waals surface area contributed by atoms with E-state index in [2.05, 4.69) is 46.4 Å². The van der Waals surface area contributed by atoms with Crippen molar-refractivity contribution in [2.75, 3.05) is 25.0 Å². The lowest BCUT2D eigenvalue weighted by atomic mass is 10.2. The van der Waals surface area contributed by atoms with E-state index < -0.39 is 0 Å². The molecule has 2 amide bonds. The van der Waals surface area contributed by atoms with E-state index in [-0.39, 0.29) is 12.1 Å². The van der Waals surface area contributed by atoms with Crippen molar-refractivity contribution >= 4 is 23.1 Å². The number of para-hydroxylation sites is 1. The van der Waals surface area contributed by atoms with Crippen LogP contribution in [0.1, 0.15) is 23.1 Å². The first kappa shape index (κ1) is 16.8. The highest BCUT2D eigenvalue weighted by molar-refractivity contribution is 7.09. The molecule has 1 N–H and O–H groups in total. The van der Waals surface area contributed by atoms with Crippen LogP contribution < -0.4 is 10.2 Å². The summed E-state index contributed by atoms with van der Waals surface area (Å²) in [6.07, 6.45) is 1.08. The molecule has 0 fully saturated rings. The number of nitrogens with zero attached hydrogens (tertiary/aromatic N) is 3. The van der Waals surface area contributed by atoms with Crippen LogP contribution in [0, 0.1) is 6.92 Å². The fourth-order valence-electron chi connectivity index (χ4n) is 3.07. The number of rotatable bonds is 5. The number of hydrogen-bond acceptors (Lipinski definition) is 4. The number of carbonyl (C=O) groups is 1. The molecule has 1 aromatic heterocycles. The van der Waals surface area contributed by atoms with Gasteiger partial charge >= 0.3 is 6.03 Å². The molecule has 1 aliphatic rings. The normalized spacial score (nSPS) is 14.4. The molecule has 0 aliphatic carbocycles. The largest absolute Gasteiger partial charge is 0.366 e. The van der Waals surface area contributed by atoms with Crippen LogP contribution in [-0.2, 0) is 13.0 Å². The van der Waals surface area contributed by atoms with Crippen LogP contribution in [0.4, 0.5) is 10.5 Å². The van der Waals surface area contributed by atoms with Crippen LogP contribution in [0.5, 0.6) is 0 Å². The Kier molecular flexibility index (Phi) is 5.04. The Balaban J connectivity index is 1.52. The van der Waals surface area contributed by atoms with E-state index in [1.54, 1.807) is 16.2 Å². The number of aromatic nitrogens is 1. The Labute approximate surface area is 147 Å². The van der Waals surface area contributed by atoms with Crippen molar-refractivity contribution in [3.8, 4) is 0 Å². The molecule has 1 atom stereocenters. The Bertz CT molecular complexity index is 715. The van der Waals surface area contributed by atoms with Gasteiger partial charge in [0.25, 0.3) is 0 Å². The number of benzene rings is 1. The molecule has 5 nitrogen and oxygen atoms in total. The van der Waals surface area contributed by atoms with Crippen molar-refractivity contribution in [2.45, 2.75) is 32.9 Å². The van der Waals surface area contributed by atoms with Gasteiger partial charge in [-0.2, -0.15) is 0 Å². The van der Waals surface area contributed by atoms with Gasteiger partial charge in [-0.1, -0.05) is 18.2 Å². The lowest BCUT2D eigenvalue weighted by Crippen LogP contribution is -2.45. The third-order valence-electron chi connectivity index (χ3n) is 4.58. The molecule has 1 aromatic carbocycles. The molecule has 1 unspecified atom stereocenters. The van der Waals surface area contributed by atoms with Crippen molar-refractivity contribution in [1.29, 1.82) is 0 Å². The third kappa shape index (κ3) is 3.53. The molecule has 0 radical (unpaired) electrons. The monoisotopic (exact) mass is 344 g/mol. The summed E-state index contributed by atoms with van der Waals surface area (Å²) in [6.45, 7) is 6.40. The summed E-state index contributed by atoms with van der Waals surface area (Å²) < 4.78 is 0. The first-order chi connectivity index (χ1) is 11.6. The molecular weight excluding hydrogens is 320 g/mol. The Morgan fingerprint density at radius 1 is 1.46 bits per heavy atom. The van der Waals surface area contributed by atoms with Gasteiger partial charge in [0.2, 0.25) is 0 Å². The van der Waals surface area contributed by atoms with Gasteiger partial charge in [0.15, 0.2) is 0 Å². The number of fused-ring (bicyclic) bond motifs is 1. The van der Waals surface area contributed by atoms with Gasteiger partial charge in [-0.15, -0.1) is 11.3 Å². The van der Waals surface area contributed by atoms with Crippen LogP contribution >= 0.6 is 11.3 Å². The zero-order valence-corrected chi connectivity index (χ0v) is 15.3. The van der Waals surface area contributed by atoms with E-state index in [9.17, 15) is 4.79 Å². The quantitative estimate of drug-likeness (QED) is 0.907. The van der Waals surface area contributed by atoms with Crippen molar-refractivity contribution in [3.63, 3.8) is 0 Å². The molecule has 0 spiro atoms. The van der Waals surface area contributed by atoms with Crippen molar-refractivity contribution in [2.24, 2.45) is 0 Å². The highest BCUT2D eigenvalue weighted by Crippen LogP contribution is 2.28. The van der Waals surface area contributed by atoms with Crippen LogP contribution in [0.25, 0.3) is 0 Å². The maximum absolute atomic E-state index is 12.3. The van der Waals surface area contributed by atoms with E-state index in [0.29, 0.717) is 13.1 Å². The second-order valence-corrected chi connectivity index (χ2v) is 7.26. The molecule has 0 saturated carbocycles. The lowest BCUT2D eigenvalue weighted by molar-refractivity contribution is 0.206. The molecule has 2 aromatic rings. The molecule has 2 heterocycles.